The lowest BCUT2D eigenvalue weighted by atomic mass is 10.1. The Morgan fingerprint density at radius 2 is 2.00 bits per heavy atom. The third kappa shape index (κ3) is 4.91. The van der Waals surface area contributed by atoms with Crippen molar-refractivity contribution in [2.24, 2.45) is 11.7 Å². The van der Waals surface area contributed by atoms with Gasteiger partial charge in [0.1, 0.15) is 5.75 Å². The predicted octanol–water partition coefficient (Wildman–Crippen LogP) is 4.05. The number of hydrogen-bond acceptors (Lipinski definition) is 5. The number of aryl methyl sites for hydroxylation is 1. The maximum Gasteiger partial charge on any atom is 0.352 e. The fraction of sp³-hybridized carbons (Fsp3) is 0.278. The van der Waals surface area contributed by atoms with E-state index >= 15 is 0 Å². The van der Waals surface area contributed by atoms with E-state index < -0.39 is 6.03 Å². The number of thioether (sulfide) groups is 1. The minimum atomic E-state index is -0.512. The lowest BCUT2D eigenvalue weighted by molar-refractivity contribution is 0.216. The Hall–Kier alpha value is -1.74. The largest absolute Gasteiger partial charge is 0.493 e. The Balaban J connectivity index is 2.37. The van der Waals surface area contributed by atoms with Crippen LogP contribution in [-0.4, -0.2) is 24.7 Å². The summed E-state index contributed by atoms with van der Waals surface area (Å²) in [4.78, 5) is 13.3. The van der Waals surface area contributed by atoms with Gasteiger partial charge in [0.2, 0.25) is 0 Å². The van der Waals surface area contributed by atoms with Crippen molar-refractivity contribution in [2.75, 3.05) is 18.7 Å². The van der Waals surface area contributed by atoms with Crippen LogP contribution in [0, 0.1) is 6.92 Å². The van der Waals surface area contributed by atoms with Crippen LogP contribution in [0.5, 0.6) is 5.75 Å². The van der Waals surface area contributed by atoms with Gasteiger partial charge in [-0.1, -0.05) is 12.1 Å². The van der Waals surface area contributed by atoms with Gasteiger partial charge in [-0.15, -0.1) is 11.8 Å². The summed E-state index contributed by atoms with van der Waals surface area (Å²) < 4.78 is 6.77. The number of urea groups is 1. The summed E-state index contributed by atoms with van der Waals surface area (Å²) in [6.07, 6.45) is 0. The third-order valence-corrected chi connectivity index (χ3v) is 5.67. The molecule has 0 radical (unpaired) electrons. The van der Waals surface area contributed by atoms with Crippen LogP contribution < -0.4 is 21.4 Å². The van der Waals surface area contributed by atoms with E-state index in [0.29, 0.717) is 23.8 Å². The number of anilines is 1. The number of rotatable bonds is 6. The highest BCUT2D eigenvalue weighted by atomic mass is 79.9. The van der Waals surface area contributed by atoms with Gasteiger partial charge < -0.3 is 4.74 Å². The molecule has 0 saturated carbocycles. The van der Waals surface area contributed by atoms with Gasteiger partial charge in [-0.3, -0.25) is 5.01 Å². The minimum absolute atomic E-state index is 0.512. The van der Waals surface area contributed by atoms with Crippen molar-refractivity contribution in [1.82, 2.24) is 5.01 Å². The fourth-order valence-electron chi connectivity index (χ4n) is 2.36. The molecule has 140 valence electrons. The average molecular weight is 439 g/mol. The second-order valence-electron chi connectivity index (χ2n) is 5.67. The number of carbonyl (C=O) groups excluding carboxylic acids is 1. The number of ether oxygens (including phenoxy) is 1. The molecule has 0 aliphatic rings. The molecule has 0 aromatic heterocycles. The zero-order chi connectivity index (χ0) is 19.3. The molecule has 0 bridgehead atoms. The molecular weight excluding hydrogens is 416 g/mol. The molecule has 0 spiro atoms. The van der Waals surface area contributed by atoms with Crippen LogP contribution in [0.4, 0.5) is 10.5 Å². The molecule has 4 N–H and O–H groups in total. The Labute approximate surface area is 166 Å². The van der Waals surface area contributed by atoms with E-state index in [9.17, 15) is 4.79 Å². The van der Waals surface area contributed by atoms with Crippen molar-refractivity contribution >= 4 is 39.4 Å². The van der Waals surface area contributed by atoms with Crippen LogP contribution in [0.15, 0.2) is 45.8 Å². The van der Waals surface area contributed by atoms with Crippen LogP contribution >= 0.6 is 27.7 Å². The summed E-state index contributed by atoms with van der Waals surface area (Å²) in [7, 11) is 1.45. The lowest BCUT2D eigenvalue weighted by Gasteiger charge is -2.24. The summed E-state index contributed by atoms with van der Waals surface area (Å²) in [5.41, 5.74) is 2.58. The summed E-state index contributed by atoms with van der Waals surface area (Å²) >= 11 is 5.22. The van der Waals surface area contributed by atoms with E-state index in [1.807, 2.05) is 32.0 Å². The zero-order valence-corrected chi connectivity index (χ0v) is 17.4. The van der Waals surface area contributed by atoms with Gasteiger partial charge in [-0.25, -0.2) is 21.5 Å². The van der Waals surface area contributed by atoms with Crippen molar-refractivity contribution in [1.29, 1.82) is 0 Å². The van der Waals surface area contributed by atoms with E-state index in [2.05, 4.69) is 22.0 Å². The lowest BCUT2D eigenvalue weighted by Crippen LogP contribution is -2.48. The molecule has 0 heterocycles. The molecule has 2 aromatic carbocycles. The second kappa shape index (κ2) is 9.27. The zero-order valence-electron chi connectivity index (χ0n) is 15.0. The standard InChI is InChI=1S/C18H23BrN4O2S/c1-4-25-16-7-5-6-15(23(21)18(24)22(3)20)13(16)11-26-17-10-12(2)8-9-14(17)19/h5-10H,4,11,20-21H2,1-3H3. The second-order valence-corrected chi connectivity index (χ2v) is 7.54. The van der Waals surface area contributed by atoms with Crippen LogP contribution in [0.25, 0.3) is 0 Å². The van der Waals surface area contributed by atoms with Gasteiger partial charge in [0.05, 0.1) is 12.3 Å². The number of hydrazine groups is 2. The molecule has 2 rings (SSSR count). The molecule has 0 aliphatic heterocycles. The van der Waals surface area contributed by atoms with E-state index in [1.54, 1.807) is 23.9 Å². The number of amides is 2. The molecule has 0 fully saturated rings. The first-order chi connectivity index (χ1) is 12.3. The van der Waals surface area contributed by atoms with Gasteiger partial charge in [0.15, 0.2) is 0 Å². The number of halogens is 1. The van der Waals surface area contributed by atoms with Crippen molar-refractivity contribution < 1.29 is 9.53 Å². The van der Waals surface area contributed by atoms with Crippen LogP contribution in [0.3, 0.4) is 0 Å². The third-order valence-electron chi connectivity index (χ3n) is 3.63. The van der Waals surface area contributed by atoms with Crippen molar-refractivity contribution in [2.45, 2.75) is 24.5 Å². The smallest absolute Gasteiger partial charge is 0.352 e. The summed E-state index contributed by atoms with van der Waals surface area (Å²) in [5, 5.41) is 1.99. The molecule has 8 heteroatoms. The maximum atomic E-state index is 12.2. The highest BCUT2D eigenvalue weighted by molar-refractivity contribution is 9.10. The Morgan fingerprint density at radius 1 is 1.27 bits per heavy atom. The first-order valence-corrected chi connectivity index (χ1v) is 9.83. The van der Waals surface area contributed by atoms with E-state index in [0.717, 1.165) is 24.9 Å². The van der Waals surface area contributed by atoms with Gasteiger partial charge >= 0.3 is 6.03 Å². The predicted molar refractivity (Wildman–Crippen MR) is 110 cm³/mol. The quantitative estimate of drug-likeness (QED) is 0.307. The van der Waals surface area contributed by atoms with Gasteiger partial charge in [-0.05, 0) is 59.6 Å². The molecule has 2 aromatic rings. The minimum Gasteiger partial charge on any atom is -0.493 e. The summed E-state index contributed by atoms with van der Waals surface area (Å²) in [5.74, 6) is 12.8. The topological polar surface area (TPSA) is 84.8 Å². The fourth-order valence-corrected chi connectivity index (χ4v) is 4.01. The molecule has 26 heavy (non-hydrogen) atoms. The van der Waals surface area contributed by atoms with Gasteiger partial charge in [-0.2, -0.15) is 0 Å². The maximum absolute atomic E-state index is 12.2. The normalized spacial score (nSPS) is 10.5. The SMILES string of the molecule is CCOc1cccc(N(N)C(=O)N(C)N)c1CSc1cc(C)ccc1Br. The Bertz CT molecular complexity index is 786. The van der Waals surface area contributed by atoms with Crippen LogP contribution in [-0.2, 0) is 5.75 Å². The summed E-state index contributed by atoms with van der Waals surface area (Å²) in [6.45, 7) is 4.48. The van der Waals surface area contributed by atoms with Crippen molar-refractivity contribution in [3.8, 4) is 5.75 Å². The van der Waals surface area contributed by atoms with Crippen molar-refractivity contribution in [3.63, 3.8) is 0 Å². The highest BCUT2D eigenvalue weighted by Gasteiger charge is 2.20. The molecule has 0 aliphatic carbocycles. The van der Waals surface area contributed by atoms with Crippen molar-refractivity contribution in [3.05, 3.63) is 52.0 Å². The number of hydrogen-bond donors (Lipinski definition) is 2. The van der Waals surface area contributed by atoms with E-state index in [1.165, 1.54) is 12.6 Å². The molecule has 2 amide bonds. The first-order valence-electron chi connectivity index (χ1n) is 8.06. The number of benzene rings is 2. The molecule has 0 unspecified atom stereocenters. The monoisotopic (exact) mass is 438 g/mol. The highest BCUT2D eigenvalue weighted by Crippen LogP contribution is 2.37. The number of carbonyl (C=O) groups is 1. The van der Waals surface area contributed by atoms with Gasteiger partial charge in [0.25, 0.3) is 0 Å². The van der Waals surface area contributed by atoms with Crippen LogP contribution in [0.2, 0.25) is 0 Å². The average Bonchev–Trinajstić information content (AvgIpc) is 2.62. The van der Waals surface area contributed by atoms with E-state index in [-0.39, 0.29) is 0 Å². The molecule has 0 saturated heterocycles. The molecular formula is C18H23BrN4O2S. The van der Waals surface area contributed by atoms with E-state index in [4.69, 9.17) is 16.4 Å². The Morgan fingerprint density at radius 3 is 2.65 bits per heavy atom. The first kappa shape index (κ1) is 20.6. The summed E-state index contributed by atoms with van der Waals surface area (Å²) in [6, 6.07) is 11.1. The van der Waals surface area contributed by atoms with Crippen LogP contribution in [0.1, 0.15) is 18.1 Å². The molecule has 6 nitrogen and oxygen atoms in total. The van der Waals surface area contributed by atoms with Gasteiger partial charge in [0, 0.05) is 27.7 Å². The molecule has 0 atom stereocenters. The Kier molecular flexibility index (Phi) is 7.33. The number of nitrogens with two attached hydrogens (primary N) is 2. The number of nitrogens with zero attached hydrogens (tertiary/aromatic N) is 2.